The van der Waals surface area contributed by atoms with Gasteiger partial charge in [0.1, 0.15) is 5.75 Å². The van der Waals surface area contributed by atoms with Gasteiger partial charge in [-0.05, 0) is 68.7 Å². The van der Waals surface area contributed by atoms with E-state index in [4.69, 9.17) is 18.9 Å². The first-order chi connectivity index (χ1) is 20.8. The summed E-state index contributed by atoms with van der Waals surface area (Å²) < 4.78 is 29.2. The van der Waals surface area contributed by atoms with Crippen LogP contribution >= 0.6 is 11.3 Å². The first-order valence-corrected chi connectivity index (χ1v) is 15.0. The van der Waals surface area contributed by atoms with Crippen molar-refractivity contribution < 1.29 is 33.3 Å². The molecule has 0 aliphatic carbocycles. The Kier molecular flexibility index (Phi) is 10.8. The quantitative estimate of drug-likeness (QED) is 0.212. The lowest BCUT2D eigenvalue weighted by molar-refractivity contribution is -0.143. The maximum atomic E-state index is 13.9. The smallest absolute Gasteiger partial charge is 0.343 e. The number of carbonyl (C=O) groups is 2. The van der Waals surface area contributed by atoms with Crippen molar-refractivity contribution in [3.05, 3.63) is 84.5 Å². The lowest BCUT2D eigenvalue weighted by atomic mass is 9.95. The van der Waals surface area contributed by atoms with Gasteiger partial charge in [0.05, 0.1) is 48.8 Å². The predicted molar refractivity (Wildman–Crippen MR) is 162 cm³/mol. The number of aromatic nitrogens is 1. The molecular formula is C32H36N2O8S. The van der Waals surface area contributed by atoms with E-state index in [1.165, 1.54) is 23.0 Å². The Balaban J connectivity index is 1.80. The fourth-order valence-electron chi connectivity index (χ4n) is 4.53. The molecule has 10 nitrogen and oxygen atoms in total. The van der Waals surface area contributed by atoms with Crippen LogP contribution in [0.15, 0.2) is 63.5 Å². The SMILES string of the molecule is CCCCOc1ccc(/C=c2\sc3n(c2=O)[C@H](c2ccc(OCC(=O)OC)c(OCC)c2)C(C(=O)OCC)=C(C)N=3)cc1. The monoisotopic (exact) mass is 608 g/mol. The molecule has 3 aromatic rings. The lowest BCUT2D eigenvalue weighted by Crippen LogP contribution is -2.40. The Hall–Kier alpha value is -4.38. The second kappa shape index (κ2) is 14.7. The number of unbranched alkanes of at least 4 members (excludes halogenated alkanes) is 1. The van der Waals surface area contributed by atoms with Crippen molar-refractivity contribution in [3.63, 3.8) is 0 Å². The molecule has 2 heterocycles. The second-order valence-electron chi connectivity index (χ2n) is 9.58. The Bertz CT molecular complexity index is 1670. The molecule has 1 aromatic heterocycles. The van der Waals surface area contributed by atoms with E-state index in [9.17, 15) is 14.4 Å². The van der Waals surface area contributed by atoms with Crippen molar-refractivity contribution in [1.29, 1.82) is 0 Å². The number of rotatable bonds is 13. The van der Waals surface area contributed by atoms with Gasteiger partial charge in [0.15, 0.2) is 22.9 Å². The van der Waals surface area contributed by atoms with E-state index in [2.05, 4.69) is 16.7 Å². The maximum Gasteiger partial charge on any atom is 0.343 e. The van der Waals surface area contributed by atoms with Gasteiger partial charge in [-0.25, -0.2) is 14.6 Å². The molecule has 1 aliphatic heterocycles. The van der Waals surface area contributed by atoms with Crippen molar-refractivity contribution in [2.45, 2.75) is 46.6 Å². The minimum Gasteiger partial charge on any atom is -0.494 e. The van der Waals surface area contributed by atoms with Crippen LogP contribution in [0.25, 0.3) is 6.08 Å². The molecule has 1 aliphatic rings. The van der Waals surface area contributed by atoms with Crippen molar-refractivity contribution in [2.75, 3.05) is 33.5 Å². The van der Waals surface area contributed by atoms with Crippen molar-refractivity contribution >= 4 is 29.4 Å². The fraction of sp³-hybridized carbons (Fsp3) is 0.375. The van der Waals surface area contributed by atoms with Crippen LogP contribution in [0.1, 0.15) is 57.7 Å². The summed E-state index contributed by atoms with van der Waals surface area (Å²) in [7, 11) is 1.28. The zero-order chi connectivity index (χ0) is 30.9. The molecule has 0 amide bonds. The molecule has 1 atom stereocenters. The summed E-state index contributed by atoms with van der Waals surface area (Å²) in [6.07, 6.45) is 3.83. The molecule has 0 bridgehead atoms. The zero-order valence-corrected chi connectivity index (χ0v) is 25.8. The van der Waals surface area contributed by atoms with Crippen LogP contribution in [-0.4, -0.2) is 50.0 Å². The standard InChI is InChI=1S/C32H36N2O8S/c1-6-9-16-41-23-13-10-21(11-14-23)17-26-30(36)34-29(28(31(37)40-8-3)20(4)33-32(34)43-26)22-12-15-24(25(18-22)39-7-2)42-19-27(35)38-5/h10-15,17-18,29H,6-9,16,19H2,1-5H3/b26-17-/t29-/m1/s1. The number of fused-ring (bicyclic) bond motifs is 1. The van der Waals surface area contributed by atoms with Crippen LogP contribution in [0, 0.1) is 0 Å². The second-order valence-corrected chi connectivity index (χ2v) is 10.6. The van der Waals surface area contributed by atoms with Crippen LogP contribution < -0.4 is 29.1 Å². The van der Waals surface area contributed by atoms with Gasteiger partial charge in [-0.3, -0.25) is 9.36 Å². The Labute approximate surface area is 253 Å². The lowest BCUT2D eigenvalue weighted by Gasteiger charge is -2.25. The maximum absolute atomic E-state index is 13.9. The van der Waals surface area contributed by atoms with Crippen LogP contribution in [0.2, 0.25) is 0 Å². The molecule has 43 heavy (non-hydrogen) atoms. The van der Waals surface area contributed by atoms with Gasteiger partial charge < -0.3 is 23.7 Å². The van der Waals surface area contributed by atoms with E-state index in [1.807, 2.05) is 31.2 Å². The highest BCUT2D eigenvalue weighted by molar-refractivity contribution is 7.07. The number of hydrogen-bond acceptors (Lipinski definition) is 10. The highest BCUT2D eigenvalue weighted by Gasteiger charge is 2.34. The summed E-state index contributed by atoms with van der Waals surface area (Å²) in [6, 6.07) is 11.8. The van der Waals surface area contributed by atoms with Crippen LogP contribution in [0.3, 0.4) is 0 Å². The van der Waals surface area contributed by atoms with Crippen molar-refractivity contribution in [1.82, 2.24) is 4.57 Å². The molecule has 0 saturated heterocycles. The first kappa shape index (κ1) is 31.6. The molecule has 0 radical (unpaired) electrons. The number of allylic oxidation sites excluding steroid dienone is 1. The summed E-state index contributed by atoms with van der Waals surface area (Å²) in [5.41, 5.74) is 1.83. The van der Waals surface area contributed by atoms with Gasteiger partial charge in [0.2, 0.25) is 0 Å². The third kappa shape index (κ3) is 7.34. The Morgan fingerprint density at radius 3 is 2.44 bits per heavy atom. The molecule has 2 aromatic carbocycles. The number of benzene rings is 2. The Morgan fingerprint density at radius 1 is 1.00 bits per heavy atom. The number of esters is 2. The van der Waals surface area contributed by atoms with Crippen LogP contribution in [0.4, 0.5) is 0 Å². The number of carbonyl (C=O) groups excluding carboxylic acids is 2. The van der Waals surface area contributed by atoms with Gasteiger partial charge >= 0.3 is 11.9 Å². The molecule has 0 saturated carbocycles. The van der Waals surface area contributed by atoms with E-state index < -0.39 is 18.0 Å². The number of thiazole rings is 1. The van der Waals surface area contributed by atoms with E-state index >= 15 is 0 Å². The van der Waals surface area contributed by atoms with E-state index in [0.29, 0.717) is 45.3 Å². The number of methoxy groups -OCH3 is 1. The van der Waals surface area contributed by atoms with Crippen molar-refractivity contribution in [2.24, 2.45) is 4.99 Å². The third-order valence-electron chi connectivity index (χ3n) is 6.62. The third-order valence-corrected chi connectivity index (χ3v) is 7.60. The van der Waals surface area contributed by atoms with Crippen LogP contribution in [-0.2, 0) is 19.1 Å². The normalized spacial score (nSPS) is 14.5. The minimum atomic E-state index is -0.833. The minimum absolute atomic E-state index is 0.162. The average molecular weight is 609 g/mol. The molecule has 11 heteroatoms. The van der Waals surface area contributed by atoms with Crippen LogP contribution in [0.5, 0.6) is 17.2 Å². The van der Waals surface area contributed by atoms with Crippen molar-refractivity contribution in [3.8, 4) is 17.2 Å². The summed E-state index contributed by atoms with van der Waals surface area (Å²) in [4.78, 5) is 43.9. The summed E-state index contributed by atoms with van der Waals surface area (Å²) in [5.74, 6) is 0.339. The molecule has 0 fully saturated rings. The largest absolute Gasteiger partial charge is 0.494 e. The fourth-order valence-corrected chi connectivity index (χ4v) is 5.58. The number of nitrogens with zero attached hydrogens (tertiary/aromatic N) is 2. The molecular weight excluding hydrogens is 572 g/mol. The van der Waals surface area contributed by atoms with Gasteiger partial charge in [-0.15, -0.1) is 0 Å². The van der Waals surface area contributed by atoms with Gasteiger partial charge in [-0.2, -0.15) is 0 Å². The highest BCUT2D eigenvalue weighted by Crippen LogP contribution is 2.36. The zero-order valence-electron chi connectivity index (χ0n) is 25.0. The topological polar surface area (TPSA) is 115 Å². The summed E-state index contributed by atoms with van der Waals surface area (Å²) >= 11 is 1.24. The first-order valence-electron chi connectivity index (χ1n) is 14.2. The molecule has 0 N–H and O–H groups in total. The Morgan fingerprint density at radius 2 is 1.77 bits per heavy atom. The molecule has 0 spiro atoms. The average Bonchev–Trinajstić information content (AvgIpc) is 3.30. The number of hydrogen-bond donors (Lipinski definition) is 0. The predicted octanol–water partition coefficient (Wildman–Crippen LogP) is 3.93. The van der Waals surface area contributed by atoms with E-state index in [-0.39, 0.29) is 24.3 Å². The van der Waals surface area contributed by atoms with E-state index in [1.54, 1.807) is 38.1 Å². The summed E-state index contributed by atoms with van der Waals surface area (Å²) in [5, 5.41) is 0. The van der Waals surface area contributed by atoms with Gasteiger partial charge in [-0.1, -0.05) is 42.9 Å². The molecule has 0 unspecified atom stereocenters. The van der Waals surface area contributed by atoms with Gasteiger partial charge in [0.25, 0.3) is 5.56 Å². The number of ether oxygens (including phenoxy) is 5. The molecule has 4 rings (SSSR count). The molecule has 228 valence electrons. The van der Waals surface area contributed by atoms with E-state index in [0.717, 1.165) is 24.2 Å². The summed E-state index contributed by atoms with van der Waals surface area (Å²) in [6.45, 7) is 8.21. The van der Waals surface area contributed by atoms with Gasteiger partial charge in [0, 0.05) is 0 Å². The highest BCUT2D eigenvalue weighted by atomic mass is 32.1.